The zero-order valence-corrected chi connectivity index (χ0v) is 19.6. The second-order valence-corrected chi connectivity index (χ2v) is 11.2. The van der Waals surface area contributed by atoms with E-state index in [1.165, 1.54) is 11.8 Å². The molecule has 1 aliphatic rings. The molecule has 0 saturated carbocycles. The van der Waals surface area contributed by atoms with Gasteiger partial charge in [0.05, 0.1) is 17.5 Å². The number of nitrogens with one attached hydrogen (secondary N) is 1. The predicted octanol–water partition coefficient (Wildman–Crippen LogP) is 2.25. The van der Waals surface area contributed by atoms with Crippen molar-refractivity contribution in [2.75, 3.05) is 30.9 Å². The normalized spacial score (nSPS) is 18.4. The van der Waals surface area contributed by atoms with Crippen LogP contribution in [0.3, 0.4) is 0 Å². The Balaban J connectivity index is 1.60. The summed E-state index contributed by atoms with van der Waals surface area (Å²) in [5.74, 6) is -0.721. The molecule has 0 spiro atoms. The topological polar surface area (TPSA) is 133 Å². The van der Waals surface area contributed by atoms with Crippen LogP contribution < -0.4 is 11.1 Å². The van der Waals surface area contributed by atoms with Crippen molar-refractivity contribution >= 4 is 41.9 Å². The molecule has 2 atom stereocenters. The molecule has 5 N–H and O–H groups in total. The van der Waals surface area contributed by atoms with Gasteiger partial charge in [-0.1, -0.05) is 48.9 Å². The summed E-state index contributed by atoms with van der Waals surface area (Å²) in [5, 5.41) is 4.99. The Hall–Kier alpha value is -1.90. The van der Waals surface area contributed by atoms with Gasteiger partial charge in [0.15, 0.2) is 0 Å². The van der Waals surface area contributed by atoms with Crippen molar-refractivity contribution in [1.29, 1.82) is 0 Å². The van der Waals surface area contributed by atoms with Crippen molar-refractivity contribution in [3.05, 3.63) is 48.0 Å². The van der Waals surface area contributed by atoms with E-state index in [0.29, 0.717) is 18.7 Å². The third-order valence-electron chi connectivity index (χ3n) is 5.70. The number of benzene rings is 2. The second-order valence-electron chi connectivity index (χ2n) is 8.06. The third-order valence-corrected chi connectivity index (χ3v) is 8.25. The second kappa shape index (κ2) is 11.3. The molecule has 32 heavy (non-hydrogen) atoms. The fraction of sp³-hybridized carbons (Fsp3) is 0.455. The lowest BCUT2D eigenvalue weighted by Gasteiger charge is -2.34. The van der Waals surface area contributed by atoms with Crippen molar-refractivity contribution < 1.29 is 23.9 Å². The zero-order chi connectivity index (χ0) is 23.1. The summed E-state index contributed by atoms with van der Waals surface area (Å²) in [6.45, 7) is 1.47. The molecule has 1 aliphatic heterocycles. The summed E-state index contributed by atoms with van der Waals surface area (Å²) >= 11 is 1.19. The van der Waals surface area contributed by atoms with Crippen LogP contribution in [-0.4, -0.2) is 63.4 Å². The molecule has 2 aromatic rings. The Kier molecular flexibility index (Phi) is 8.73. The minimum Gasteiger partial charge on any atom is -0.369 e. The number of likely N-dealkylation sites (tertiary alicyclic amines) is 1. The van der Waals surface area contributed by atoms with E-state index in [-0.39, 0.29) is 24.0 Å². The third kappa shape index (κ3) is 7.05. The number of nitrogens with two attached hydrogens (primary N) is 1. The molecule has 174 valence electrons. The van der Waals surface area contributed by atoms with Gasteiger partial charge in [0.25, 0.3) is 0 Å². The summed E-state index contributed by atoms with van der Waals surface area (Å²) in [7, 11) is -4.02. The smallest absolute Gasteiger partial charge is 0.335 e. The van der Waals surface area contributed by atoms with E-state index in [9.17, 15) is 14.2 Å². The van der Waals surface area contributed by atoms with Gasteiger partial charge in [-0.25, -0.2) is 0 Å². The SMILES string of the molecule is NC(=O)C(CNC(=O)C1CCCCN1CCSCP(=O)(O)O)c1ccc2ccccc2c1. The van der Waals surface area contributed by atoms with Crippen LogP contribution in [0.2, 0.25) is 0 Å². The van der Waals surface area contributed by atoms with Gasteiger partial charge < -0.3 is 20.8 Å². The van der Waals surface area contributed by atoms with Crippen LogP contribution in [0.25, 0.3) is 10.8 Å². The number of nitrogens with zero attached hydrogens (tertiary/aromatic N) is 1. The van der Waals surface area contributed by atoms with Gasteiger partial charge in [-0.2, -0.15) is 0 Å². The lowest BCUT2D eigenvalue weighted by atomic mass is 9.95. The summed E-state index contributed by atoms with van der Waals surface area (Å²) in [4.78, 5) is 45.1. The Morgan fingerprint density at radius 3 is 2.66 bits per heavy atom. The van der Waals surface area contributed by atoms with Gasteiger partial charge in [0, 0.05) is 18.8 Å². The molecule has 3 rings (SSSR count). The van der Waals surface area contributed by atoms with Crippen molar-refractivity contribution in [1.82, 2.24) is 10.2 Å². The highest BCUT2D eigenvalue weighted by Crippen LogP contribution is 2.38. The van der Waals surface area contributed by atoms with E-state index < -0.39 is 19.4 Å². The lowest BCUT2D eigenvalue weighted by Crippen LogP contribution is -2.51. The molecular formula is C22H30N3O5PS. The van der Waals surface area contributed by atoms with E-state index in [4.69, 9.17) is 15.5 Å². The highest BCUT2D eigenvalue weighted by atomic mass is 32.2. The highest BCUT2D eigenvalue weighted by molar-refractivity contribution is 8.04. The number of amides is 2. The number of thioether (sulfide) groups is 1. The van der Waals surface area contributed by atoms with E-state index in [0.717, 1.165) is 35.7 Å². The number of carbonyl (C=O) groups excluding carboxylic acids is 2. The number of fused-ring (bicyclic) bond motifs is 1. The van der Waals surface area contributed by atoms with Crippen molar-refractivity contribution in [2.24, 2.45) is 5.73 Å². The molecule has 2 amide bonds. The first-order chi connectivity index (χ1) is 15.2. The predicted molar refractivity (Wildman–Crippen MR) is 127 cm³/mol. The standard InChI is InChI=1S/C22H30N3O5PS/c23-21(26)19(18-9-8-16-5-1-2-6-17(16)13-18)14-24-22(27)20-7-3-4-10-25(20)11-12-32-15-31(28,29)30/h1-2,5-6,8-9,13,19-20H,3-4,7,10-12,14-15H2,(H2,23,26)(H,24,27)(H2,28,29,30). The van der Waals surface area contributed by atoms with Gasteiger partial charge in [0.1, 0.15) is 0 Å². The molecule has 0 aromatic heterocycles. The van der Waals surface area contributed by atoms with Crippen molar-refractivity contribution in [2.45, 2.75) is 31.2 Å². The van der Waals surface area contributed by atoms with Crippen molar-refractivity contribution in [3.8, 4) is 0 Å². The number of rotatable bonds is 10. The molecule has 1 fully saturated rings. The Bertz CT molecular complexity index is 998. The van der Waals surface area contributed by atoms with E-state index in [1.807, 2.05) is 42.5 Å². The maximum atomic E-state index is 12.9. The number of piperidine rings is 1. The molecule has 0 bridgehead atoms. The minimum absolute atomic E-state index is 0.129. The van der Waals surface area contributed by atoms with Crippen LogP contribution in [-0.2, 0) is 14.2 Å². The largest absolute Gasteiger partial charge is 0.369 e. The molecule has 8 nitrogen and oxygen atoms in total. The molecule has 2 aromatic carbocycles. The van der Waals surface area contributed by atoms with Crippen LogP contribution in [0, 0.1) is 0 Å². The monoisotopic (exact) mass is 479 g/mol. The lowest BCUT2D eigenvalue weighted by molar-refractivity contribution is -0.127. The molecule has 1 heterocycles. The number of carbonyl (C=O) groups is 2. The summed E-state index contributed by atoms with van der Waals surface area (Å²) in [5.41, 5.74) is 6.20. The van der Waals surface area contributed by atoms with E-state index >= 15 is 0 Å². The fourth-order valence-corrected chi connectivity index (χ4v) is 5.88. The Morgan fingerprint density at radius 2 is 1.94 bits per heavy atom. The van der Waals surface area contributed by atoms with Gasteiger partial charge in [-0.15, -0.1) is 11.8 Å². The summed E-state index contributed by atoms with van der Waals surface area (Å²) < 4.78 is 11.0. The number of primary amides is 1. The average Bonchev–Trinajstić information content (AvgIpc) is 2.76. The number of hydrogen-bond acceptors (Lipinski definition) is 5. The van der Waals surface area contributed by atoms with Crippen molar-refractivity contribution in [3.63, 3.8) is 0 Å². The highest BCUT2D eigenvalue weighted by Gasteiger charge is 2.29. The van der Waals surface area contributed by atoms with Gasteiger partial charge in [-0.3, -0.25) is 19.1 Å². The summed E-state index contributed by atoms with van der Waals surface area (Å²) in [6.07, 6.45) is 2.63. The van der Waals surface area contributed by atoms with Gasteiger partial charge in [-0.05, 0) is 35.7 Å². The first kappa shape index (κ1) is 24.7. The van der Waals surface area contributed by atoms with Crippen LogP contribution in [0.15, 0.2) is 42.5 Å². The van der Waals surface area contributed by atoms with Crippen LogP contribution in [0.1, 0.15) is 30.7 Å². The Labute approximate surface area is 192 Å². The van der Waals surface area contributed by atoms with Crippen LogP contribution in [0.4, 0.5) is 0 Å². The fourth-order valence-electron chi connectivity index (χ4n) is 4.05. The molecule has 1 saturated heterocycles. The maximum absolute atomic E-state index is 12.9. The molecule has 2 unspecified atom stereocenters. The van der Waals surface area contributed by atoms with Gasteiger partial charge in [0.2, 0.25) is 11.8 Å². The molecular weight excluding hydrogens is 449 g/mol. The minimum atomic E-state index is -4.02. The molecule has 0 radical (unpaired) electrons. The van der Waals surface area contributed by atoms with Gasteiger partial charge >= 0.3 is 7.60 Å². The maximum Gasteiger partial charge on any atom is 0.335 e. The van der Waals surface area contributed by atoms with E-state index in [2.05, 4.69) is 10.2 Å². The zero-order valence-electron chi connectivity index (χ0n) is 17.9. The Morgan fingerprint density at radius 1 is 1.19 bits per heavy atom. The van der Waals surface area contributed by atoms with Crippen LogP contribution in [0.5, 0.6) is 0 Å². The molecule has 10 heteroatoms. The first-order valence-electron chi connectivity index (χ1n) is 10.7. The molecule has 0 aliphatic carbocycles. The summed E-state index contributed by atoms with van der Waals surface area (Å²) in [6, 6.07) is 13.3. The first-order valence-corrected chi connectivity index (χ1v) is 13.6. The number of hydrogen-bond donors (Lipinski definition) is 4. The van der Waals surface area contributed by atoms with E-state index in [1.54, 1.807) is 0 Å². The average molecular weight is 480 g/mol. The van der Waals surface area contributed by atoms with Crippen LogP contribution >= 0.6 is 19.4 Å². The quantitative estimate of drug-likeness (QED) is 0.303.